The summed E-state index contributed by atoms with van der Waals surface area (Å²) in [5.41, 5.74) is 2.20. The average Bonchev–Trinajstić information content (AvgIpc) is 3.39. The Hall–Kier alpha value is -2.74. The Bertz CT molecular complexity index is 896. The molecule has 1 saturated heterocycles. The Morgan fingerprint density at radius 2 is 2.30 bits per heavy atom. The summed E-state index contributed by atoms with van der Waals surface area (Å²) in [7, 11) is 0. The average molecular weight is 384 g/mol. The van der Waals surface area contributed by atoms with Gasteiger partial charge in [-0.15, -0.1) is 0 Å². The van der Waals surface area contributed by atoms with Gasteiger partial charge >= 0.3 is 0 Å². The number of hydrogen-bond donors (Lipinski definition) is 1. The molecule has 1 spiro atoms. The van der Waals surface area contributed by atoms with Crippen LogP contribution in [0.3, 0.4) is 0 Å². The normalized spacial score (nSPS) is 21.2. The van der Waals surface area contributed by atoms with Crippen LogP contribution in [-0.2, 0) is 20.8 Å². The van der Waals surface area contributed by atoms with Crippen molar-refractivity contribution in [2.75, 3.05) is 18.4 Å². The molecule has 8 heteroatoms. The van der Waals surface area contributed by atoms with E-state index in [2.05, 4.69) is 15.5 Å². The summed E-state index contributed by atoms with van der Waals surface area (Å²) in [5, 5.41) is 10.8. The number of aryl methyl sites for hydroxylation is 1. The van der Waals surface area contributed by atoms with Gasteiger partial charge in [-0.05, 0) is 41.4 Å². The molecule has 27 heavy (non-hydrogen) atoms. The number of nitrogens with zero attached hydrogens (tertiary/aromatic N) is 3. The number of nitrogens with one attached hydrogen (secondary N) is 1. The fraction of sp³-hybridized carbons (Fsp3) is 0.368. The number of pyridine rings is 1. The van der Waals surface area contributed by atoms with Crippen LogP contribution in [0, 0.1) is 6.92 Å². The predicted molar refractivity (Wildman–Crippen MR) is 103 cm³/mol. The molecule has 0 bridgehead atoms. The Labute approximate surface area is 161 Å². The first-order chi connectivity index (χ1) is 13.0. The third-order valence-electron chi connectivity index (χ3n) is 4.96. The van der Waals surface area contributed by atoms with Gasteiger partial charge in [-0.3, -0.25) is 14.6 Å². The van der Waals surface area contributed by atoms with E-state index in [9.17, 15) is 9.59 Å². The summed E-state index contributed by atoms with van der Waals surface area (Å²) in [6.45, 7) is 2.91. The number of hydrogen-bond acceptors (Lipinski definition) is 6. The maximum atomic E-state index is 12.5. The molecule has 2 aromatic heterocycles. The van der Waals surface area contributed by atoms with E-state index in [-0.39, 0.29) is 11.8 Å². The number of carbonyl (C=O) groups excluding carboxylic acids is 2. The Kier molecular flexibility index (Phi) is 4.65. The second-order valence-corrected chi connectivity index (χ2v) is 7.73. The minimum Gasteiger partial charge on any atom is -0.386 e. The molecule has 0 radical (unpaired) electrons. The molecule has 7 nitrogen and oxygen atoms in total. The van der Waals surface area contributed by atoms with Crippen molar-refractivity contribution in [3.05, 3.63) is 46.4 Å². The highest BCUT2D eigenvalue weighted by Gasteiger charge is 2.47. The van der Waals surface area contributed by atoms with Crippen molar-refractivity contribution in [2.24, 2.45) is 5.16 Å². The second-order valence-electron chi connectivity index (χ2n) is 6.95. The minimum absolute atomic E-state index is 0.0813. The van der Waals surface area contributed by atoms with Crippen LogP contribution in [0.5, 0.6) is 0 Å². The van der Waals surface area contributed by atoms with Gasteiger partial charge in [0.05, 0.1) is 24.3 Å². The first-order valence-electron chi connectivity index (χ1n) is 8.82. The van der Waals surface area contributed by atoms with Crippen LogP contribution in [0.1, 0.15) is 24.1 Å². The van der Waals surface area contributed by atoms with E-state index in [1.54, 1.807) is 34.6 Å². The number of anilines is 1. The van der Waals surface area contributed by atoms with E-state index in [1.165, 1.54) is 0 Å². The number of amides is 2. The summed E-state index contributed by atoms with van der Waals surface area (Å²) in [4.78, 5) is 36.6. The largest absolute Gasteiger partial charge is 0.386 e. The van der Waals surface area contributed by atoms with E-state index >= 15 is 0 Å². The maximum Gasteiger partial charge on any atom is 0.273 e. The van der Waals surface area contributed by atoms with Gasteiger partial charge in [-0.1, -0.05) is 5.16 Å². The van der Waals surface area contributed by atoms with Crippen molar-refractivity contribution in [1.82, 2.24) is 9.88 Å². The molecular weight excluding hydrogens is 364 g/mol. The third kappa shape index (κ3) is 3.71. The lowest BCUT2D eigenvalue weighted by molar-refractivity contribution is -0.130. The van der Waals surface area contributed by atoms with Gasteiger partial charge in [0.1, 0.15) is 5.71 Å². The number of oxime groups is 1. The number of rotatable bonds is 4. The van der Waals surface area contributed by atoms with Gasteiger partial charge in [0.2, 0.25) is 5.91 Å². The van der Waals surface area contributed by atoms with Crippen molar-refractivity contribution >= 4 is 34.6 Å². The zero-order valence-electron chi connectivity index (χ0n) is 15.0. The van der Waals surface area contributed by atoms with Crippen LogP contribution in [0.25, 0.3) is 0 Å². The van der Waals surface area contributed by atoms with Crippen molar-refractivity contribution in [3.8, 4) is 0 Å². The third-order valence-corrected chi connectivity index (χ3v) is 5.69. The van der Waals surface area contributed by atoms with Crippen LogP contribution >= 0.6 is 11.3 Å². The van der Waals surface area contributed by atoms with E-state index < -0.39 is 5.60 Å². The topological polar surface area (TPSA) is 83.9 Å². The van der Waals surface area contributed by atoms with Crippen LogP contribution in [0.4, 0.5) is 5.69 Å². The molecule has 4 heterocycles. The molecule has 2 aliphatic heterocycles. The summed E-state index contributed by atoms with van der Waals surface area (Å²) in [5.74, 6) is -0.205. The van der Waals surface area contributed by atoms with Crippen LogP contribution in [0.2, 0.25) is 0 Å². The summed E-state index contributed by atoms with van der Waals surface area (Å²) in [6.07, 6.45) is 3.15. The van der Waals surface area contributed by atoms with Crippen LogP contribution < -0.4 is 5.32 Å². The number of thiophene rings is 1. The zero-order chi connectivity index (χ0) is 18.9. The molecule has 0 aliphatic carbocycles. The first-order valence-corrected chi connectivity index (χ1v) is 9.76. The van der Waals surface area contributed by atoms with E-state index in [0.29, 0.717) is 43.8 Å². The lowest BCUT2D eigenvalue weighted by atomic mass is 9.96. The molecule has 140 valence electrons. The highest BCUT2D eigenvalue weighted by atomic mass is 32.1. The summed E-state index contributed by atoms with van der Waals surface area (Å²) < 4.78 is 0. The van der Waals surface area contributed by atoms with Gasteiger partial charge in [0.15, 0.2) is 5.60 Å². The van der Waals surface area contributed by atoms with Gasteiger partial charge in [-0.25, -0.2) is 0 Å². The molecule has 1 N–H and O–H groups in total. The van der Waals surface area contributed by atoms with Crippen LogP contribution in [-0.4, -0.2) is 46.1 Å². The van der Waals surface area contributed by atoms with Crippen molar-refractivity contribution in [1.29, 1.82) is 0 Å². The highest BCUT2D eigenvalue weighted by Crippen LogP contribution is 2.34. The Balaban J connectivity index is 1.35. The van der Waals surface area contributed by atoms with Gasteiger partial charge in [0.25, 0.3) is 5.91 Å². The van der Waals surface area contributed by atoms with Gasteiger partial charge in [0, 0.05) is 25.6 Å². The zero-order valence-corrected chi connectivity index (χ0v) is 15.8. The fourth-order valence-corrected chi connectivity index (χ4v) is 4.08. The molecule has 2 amide bonds. The SMILES string of the molecule is Cc1ncccc1NC(=O)C1=NOC2(CCN(C(=O)Cc3ccsc3)C2)C1. The first kappa shape index (κ1) is 17.7. The second kappa shape index (κ2) is 7.11. The smallest absolute Gasteiger partial charge is 0.273 e. The molecule has 1 unspecified atom stereocenters. The molecule has 2 aromatic rings. The molecule has 0 aromatic carbocycles. The predicted octanol–water partition coefficient (Wildman–Crippen LogP) is 2.38. The number of likely N-dealkylation sites (tertiary alicyclic amines) is 1. The molecule has 2 aliphatic rings. The van der Waals surface area contributed by atoms with Crippen molar-refractivity contribution < 1.29 is 14.4 Å². The molecule has 4 rings (SSSR count). The Morgan fingerprint density at radius 3 is 3.07 bits per heavy atom. The van der Waals surface area contributed by atoms with Gasteiger partial charge < -0.3 is 15.1 Å². The fourth-order valence-electron chi connectivity index (χ4n) is 3.41. The molecule has 0 saturated carbocycles. The molecule has 1 atom stereocenters. The van der Waals surface area contributed by atoms with E-state index in [0.717, 1.165) is 11.3 Å². The maximum absolute atomic E-state index is 12.5. The van der Waals surface area contributed by atoms with Crippen LogP contribution in [0.15, 0.2) is 40.3 Å². The number of aromatic nitrogens is 1. The van der Waals surface area contributed by atoms with Gasteiger partial charge in [-0.2, -0.15) is 11.3 Å². The van der Waals surface area contributed by atoms with Crippen molar-refractivity contribution in [2.45, 2.75) is 31.8 Å². The lowest BCUT2D eigenvalue weighted by Gasteiger charge is -2.21. The summed E-state index contributed by atoms with van der Waals surface area (Å²) in [6, 6.07) is 5.53. The molecular formula is C19H20N4O3S. The minimum atomic E-state index is -0.582. The highest BCUT2D eigenvalue weighted by molar-refractivity contribution is 7.08. The van der Waals surface area contributed by atoms with E-state index in [4.69, 9.17) is 4.84 Å². The van der Waals surface area contributed by atoms with Crippen molar-refractivity contribution in [3.63, 3.8) is 0 Å². The quantitative estimate of drug-likeness (QED) is 0.877. The lowest BCUT2D eigenvalue weighted by Crippen LogP contribution is -2.38. The monoisotopic (exact) mass is 384 g/mol. The Morgan fingerprint density at radius 1 is 1.41 bits per heavy atom. The summed E-state index contributed by atoms with van der Waals surface area (Å²) >= 11 is 1.59. The standard InChI is InChI=1S/C19H20N4O3S/c1-13-15(3-2-6-20-13)21-18(25)16-10-19(26-22-16)5-7-23(12-19)17(24)9-14-4-8-27-11-14/h2-4,6,8,11H,5,7,9-10,12H2,1H3,(H,21,25). The molecule has 1 fully saturated rings. The number of carbonyl (C=O) groups is 2. The van der Waals surface area contributed by atoms with E-state index in [1.807, 2.05) is 23.8 Å².